The van der Waals surface area contributed by atoms with Crippen molar-refractivity contribution in [3.8, 4) is 0 Å². The molecule has 1 aromatic rings. The SMILES string of the molecule is CC(CN1CCN[C@@H](C)C1)c1ccc(F)cc1. The predicted octanol–water partition coefficient (Wildman–Crippen LogP) is 2.22. The van der Waals surface area contributed by atoms with Crippen molar-refractivity contribution in [1.29, 1.82) is 0 Å². The van der Waals surface area contributed by atoms with Crippen LogP contribution in [0.2, 0.25) is 0 Å². The van der Waals surface area contributed by atoms with E-state index < -0.39 is 0 Å². The van der Waals surface area contributed by atoms with Crippen LogP contribution in [0.15, 0.2) is 24.3 Å². The van der Waals surface area contributed by atoms with Crippen LogP contribution in [0.5, 0.6) is 0 Å². The fraction of sp³-hybridized carbons (Fsp3) is 0.571. The number of rotatable bonds is 3. The lowest BCUT2D eigenvalue weighted by Crippen LogP contribution is -2.49. The number of halogens is 1. The summed E-state index contributed by atoms with van der Waals surface area (Å²) >= 11 is 0. The smallest absolute Gasteiger partial charge is 0.123 e. The average molecular weight is 236 g/mol. The van der Waals surface area contributed by atoms with Crippen LogP contribution in [0, 0.1) is 5.82 Å². The van der Waals surface area contributed by atoms with Crippen LogP contribution in [0.25, 0.3) is 0 Å². The molecule has 1 fully saturated rings. The minimum Gasteiger partial charge on any atom is -0.312 e. The van der Waals surface area contributed by atoms with Gasteiger partial charge in [0.05, 0.1) is 0 Å². The summed E-state index contributed by atoms with van der Waals surface area (Å²) in [5, 5.41) is 3.44. The average Bonchev–Trinajstić information content (AvgIpc) is 2.29. The van der Waals surface area contributed by atoms with Gasteiger partial charge in [0, 0.05) is 32.2 Å². The first-order valence-corrected chi connectivity index (χ1v) is 6.36. The van der Waals surface area contributed by atoms with Crippen molar-refractivity contribution in [2.75, 3.05) is 26.2 Å². The molecule has 1 saturated heterocycles. The Morgan fingerprint density at radius 2 is 2.12 bits per heavy atom. The van der Waals surface area contributed by atoms with Crippen molar-refractivity contribution >= 4 is 0 Å². The molecule has 17 heavy (non-hydrogen) atoms. The van der Waals surface area contributed by atoms with Crippen molar-refractivity contribution in [3.63, 3.8) is 0 Å². The maximum absolute atomic E-state index is 12.8. The van der Waals surface area contributed by atoms with E-state index in [2.05, 4.69) is 24.1 Å². The second-order valence-electron chi connectivity index (χ2n) is 5.07. The molecule has 0 bridgehead atoms. The van der Waals surface area contributed by atoms with Gasteiger partial charge in [0.2, 0.25) is 0 Å². The minimum atomic E-state index is -0.156. The molecule has 94 valence electrons. The van der Waals surface area contributed by atoms with Crippen molar-refractivity contribution in [3.05, 3.63) is 35.6 Å². The van der Waals surface area contributed by atoms with E-state index in [0.29, 0.717) is 12.0 Å². The highest BCUT2D eigenvalue weighted by atomic mass is 19.1. The number of benzene rings is 1. The third-order valence-electron chi connectivity index (χ3n) is 3.42. The van der Waals surface area contributed by atoms with Gasteiger partial charge in [-0.15, -0.1) is 0 Å². The Bertz CT molecular complexity index is 350. The van der Waals surface area contributed by atoms with Gasteiger partial charge in [0.1, 0.15) is 5.82 Å². The Hall–Kier alpha value is -0.930. The monoisotopic (exact) mass is 236 g/mol. The summed E-state index contributed by atoms with van der Waals surface area (Å²) < 4.78 is 12.8. The van der Waals surface area contributed by atoms with E-state index in [4.69, 9.17) is 0 Å². The molecule has 0 saturated carbocycles. The van der Waals surface area contributed by atoms with Gasteiger partial charge in [-0.05, 0) is 30.5 Å². The van der Waals surface area contributed by atoms with Crippen molar-refractivity contribution in [2.45, 2.75) is 25.8 Å². The van der Waals surface area contributed by atoms with E-state index in [1.807, 2.05) is 12.1 Å². The van der Waals surface area contributed by atoms with E-state index in [0.717, 1.165) is 26.2 Å². The molecule has 2 nitrogen and oxygen atoms in total. The molecule has 1 aliphatic rings. The number of nitrogens with one attached hydrogen (secondary N) is 1. The first-order valence-electron chi connectivity index (χ1n) is 6.36. The molecule has 2 atom stereocenters. The summed E-state index contributed by atoms with van der Waals surface area (Å²) in [5.74, 6) is 0.303. The predicted molar refractivity (Wildman–Crippen MR) is 68.7 cm³/mol. The third-order valence-corrected chi connectivity index (χ3v) is 3.42. The summed E-state index contributed by atoms with van der Waals surface area (Å²) in [6.45, 7) is 8.75. The van der Waals surface area contributed by atoms with Crippen LogP contribution in [0.4, 0.5) is 4.39 Å². The van der Waals surface area contributed by atoms with Gasteiger partial charge in [-0.2, -0.15) is 0 Å². The Balaban J connectivity index is 1.91. The molecular weight excluding hydrogens is 215 g/mol. The van der Waals surface area contributed by atoms with Crippen molar-refractivity contribution < 1.29 is 4.39 Å². The van der Waals surface area contributed by atoms with Crippen LogP contribution in [0.3, 0.4) is 0 Å². The Morgan fingerprint density at radius 1 is 1.41 bits per heavy atom. The topological polar surface area (TPSA) is 15.3 Å². The summed E-state index contributed by atoms with van der Waals surface area (Å²) in [6.07, 6.45) is 0. The Labute approximate surface area is 103 Å². The van der Waals surface area contributed by atoms with Crippen molar-refractivity contribution in [1.82, 2.24) is 10.2 Å². The van der Waals surface area contributed by atoms with Crippen LogP contribution in [-0.4, -0.2) is 37.1 Å². The fourth-order valence-corrected chi connectivity index (χ4v) is 2.46. The maximum atomic E-state index is 12.8. The molecule has 2 rings (SSSR count). The number of hydrogen-bond donors (Lipinski definition) is 1. The van der Waals surface area contributed by atoms with E-state index in [-0.39, 0.29) is 5.82 Å². The molecule has 0 spiro atoms. The molecular formula is C14H21FN2. The lowest BCUT2D eigenvalue weighted by atomic mass is 10.00. The molecule has 1 N–H and O–H groups in total. The Morgan fingerprint density at radius 3 is 2.76 bits per heavy atom. The van der Waals surface area contributed by atoms with Gasteiger partial charge < -0.3 is 5.32 Å². The third kappa shape index (κ3) is 3.51. The first-order chi connectivity index (χ1) is 8.15. The van der Waals surface area contributed by atoms with Gasteiger partial charge in [-0.25, -0.2) is 4.39 Å². The molecule has 1 unspecified atom stereocenters. The summed E-state index contributed by atoms with van der Waals surface area (Å²) in [6, 6.07) is 7.46. The zero-order valence-corrected chi connectivity index (χ0v) is 10.6. The maximum Gasteiger partial charge on any atom is 0.123 e. The second-order valence-corrected chi connectivity index (χ2v) is 5.07. The first kappa shape index (κ1) is 12.5. The zero-order valence-electron chi connectivity index (χ0n) is 10.6. The van der Waals surface area contributed by atoms with Gasteiger partial charge in [0.15, 0.2) is 0 Å². The van der Waals surface area contributed by atoms with Gasteiger partial charge in [-0.3, -0.25) is 4.90 Å². The van der Waals surface area contributed by atoms with E-state index >= 15 is 0 Å². The highest BCUT2D eigenvalue weighted by Crippen LogP contribution is 2.17. The molecule has 0 radical (unpaired) electrons. The van der Waals surface area contributed by atoms with Crippen molar-refractivity contribution in [2.24, 2.45) is 0 Å². The van der Waals surface area contributed by atoms with E-state index in [9.17, 15) is 4.39 Å². The molecule has 3 heteroatoms. The number of nitrogens with zero attached hydrogens (tertiary/aromatic N) is 1. The van der Waals surface area contributed by atoms with Crippen LogP contribution >= 0.6 is 0 Å². The highest BCUT2D eigenvalue weighted by molar-refractivity contribution is 5.20. The van der Waals surface area contributed by atoms with Crippen LogP contribution in [0.1, 0.15) is 25.3 Å². The van der Waals surface area contributed by atoms with Gasteiger partial charge in [-0.1, -0.05) is 19.1 Å². The van der Waals surface area contributed by atoms with Crippen LogP contribution in [-0.2, 0) is 0 Å². The van der Waals surface area contributed by atoms with E-state index in [1.165, 1.54) is 5.56 Å². The number of piperazine rings is 1. The summed E-state index contributed by atoms with van der Waals surface area (Å²) in [5.41, 5.74) is 1.22. The molecule has 1 aromatic carbocycles. The summed E-state index contributed by atoms with van der Waals surface area (Å²) in [7, 11) is 0. The second kappa shape index (κ2) is 5.61. The molecule has 1 heterocycles. The highest BCUT2D eigenvalue weighted by Gasteiger charge is 2.18. The zero-order chi connectivity index (χ0) is 12.3. The lowest BCUT2D eigenvalue weighted by Gasteiger charge is -2.33. The number of hydrogen-bond acceptors (Lipinski definition) is 2. The largest absolute Gasteiger partial charge is 0.312 e. The fourth-order valence-electron chi connectivity index (χ4n) is 2.46. The standard InChI is InChI=1S/C14H21FN2/c1-11(13-3-5-14(15)6-4-13)9-17-8-7-16-12(2)10-17/h3-6,11-12,16H,7-10H2,1-2H3/t11?,12-/m0/s1. The quantitative estimate of drug-likeness (QED) is 0.865. The lowest BCUT2D eigenvalue weighted by molar-refractivity contribution is 0.198. The minimum absolute atomic E-state index is 0.156. The molecule has 1 aliphatic heterocycles. The molecule has 0 aromatic heterocycles. The van der Waals surface area contributed by atoms with Crippen LogP contribution < -0.4 is 5.32 Å². The van der Waals surface area contributed by atoms with E-state index in [1.54, 1.807) is 12.1 Å². The van der Waals surface area contributed by atoms with Gasteiger partial charge >= 0.3 is 0 Å². The normalized spacial score (nSPS) is 23.6. The summed E-state index contributed by atoms with van der Waals surface area (Å²) in [4.78, 5) is 2.48. The van der Waals surface area contributed by atoms with Gasteiger partial charge in [0.25, 0.3) is 0 Å². The molecule has 0 aliphatic carbocycles. The molecule has 0 amide bonds. The Kier molecular flexibility index (Phi) is 4.13.